The van der Waals surface area contributed by atoms with E-state index in [-0.39, 0.29) is 0 Å². The van der Waals surface area contributed by atoms with Gasteiger partial charge in [-0.25, -0.2) is 9.98 Å². The highest BCUT2D eigenvalue weighted by Gasteiger charge is 2.23. The van der Waals surface area contributed by atoms with E-state index in [1.807, 2.05) is 18.2 Å². The molecule has 0 unspecified atom stereocenters. The second-order valence-electron chi connectivity index (χ2n) is 3.79. The summed E-state index contributed by atoms with van der Waals surface area (Å²) >= 11 is 12.1. The number of benzene rings is 1. The number of nitrogens with zero attached hydrogens (tertiary/aromatic N) is 2. The number of rotatable bonds is 4. The Kier molecular flexibility index (Phi) is 3.82. The molecule has 3 nitrogen and oxygen atoms in total. The Bertz CT molecular complexity index is 439. The van der Waals surface area contributed by atoms with Crippen LogP contribution in [0.25, 0.3) is 0 Å². The van der Waals surface area contributed by atoms with Crippen LogP contribution in [0.5, 0.6) is 0 Å². The molecule has 1 aromatic rings. The van der Waals surface area contributed by atoms with E-state index in [1.54, 1.807) is 19.4 Å². The SMILES string of the molecule is CC1(OCCc2c(Cl)cccc2Cl)N=CC=N1. The van der Waals surface area contributed by atoms with Crippen molar-refractivity contribution in [2.45, 2.75) is 19.2 Å². The van der Waals surface area contributed by atoms with Crippen LogP contribution in [-0.2, 0) is 11.2 Å². The fourth-order valence-corrected chi connectivity index (χ4v) is 2.16. The topological polar surface area (TPSA) is 34.0 Å². The summed E-state index contributed by atoms with van der Waals surface area (Å²) in [4.78, 5) is 8.22. The van der Waals surface area contributed by atoms with E-state index in [0.29, 0.717) is 23.1 Å². The van der Waals surface area contributed by atoms with Gasteiger partial charge in [-0.1, -0.05) is 29.3 Å². The van der Waals surface area contributed by atoms with Crippen LogP contribution in [0.1, 0.15) is 12.5 Å². The summed E-state index contributed by atoms with van der Waals surface area (Å²) in [6.07, 6.45) is 3.89. The summed E-state index contributed by atoms with van der Waals surface area (Å²) in [6, 6.07) is 5.45. The minimum absolute atomic E-state index is 0.467. The summed E-state index contributed by atoms with van der Waals surface area (Å²) in [6.45, 7) is 2.27. The van der Waals surface area contributed by atoms with Crippen LogP contribution in [0, 0.1) is 0 Å². The normalized spacial score (nSPS) is 16.6. The molecule has 0 amide bonds. The largest absolute Gasteiger partial charge is 0.335 e. The van der Waals surface area contributed by atoms with Crippen LogP contribution in [-0.4, -0.2) is 24.9 Å². The van der Waals surface area contributed by atoms with E-state index in [1.165, 1.54) is 0 Å². The van der Waals surface area contributed by atoms with Crippen molar-refractivity contribution in [3.8, 4) is 0 Å². The van der Waals surface area contributed by atoms with Crippen molar-refractivity contribution < 1.29 is 4.74 Å². The standard InChI is InChI=1S/C12H12Cl2N2O/c1-12(15-6-7-16-12)17-8-5-9-10(13)3-2-4-11(9)14/h2-4,6-7H,5,8H2,1H3. The first-order chi connectivity index (χ1) is 8.11. The molecule has 0 fully saturated rings. The summed E-state index contributed by atoms with van der Waals surface area (Å²) in [5.74, 6) is -0.784. The van der Waals surface area contributed by atoms with Crippen molar-refractivity contribution in [2.24, 2.45) is 9.98 Å². The zero-order valence-electron chi connectivity index (χ0n) is 9.36. The minimum Gasteiger partial charge on any atom is -0.335 e. The Morgan fingerprint density at radius 1 is 1.18 bits per heavy atom. The molecular formula is C12H12Cl2N2O. The molecule has 0 saturated heterocycles. The molecule has 5 heteroatoms. The van der Waals surface area contributed by atoms with Crippen LogP contribution in [0.2, 0.25) is 10.0 Å². The molecule has 0 saturated carbocycles. The van der Waals surface area contributed by atoms with E-state index in [2.05, 4.69) is 9.98 Å². The molecule has 0 radical (unpaired) electrons. The highest BCUT2D eigenvalue weighted by atomic mass is 35.5. The average Bonchev–Trinajstić information content (AvgIpc) is 2.70. The van der Waals surface area contributed by atoms with Crippen molar-refractivity contribution in [1.29, 1.82) is 0 Å². The Morgan fingerprint density at radius 3 is 2.35 bits per heavy atom. The monoisotopic (exact) mass is 270 g/mol. The van der Waals surface area contributed by atoms with Gasteiger partial charge in [0, 0.05) is 29.4 Å². The molecule has 17 heavy (non-hydrogen) atoms. The second kappa shape index (κ2) is 5.17. The van der Waals surface area contributed by atoms with Gasteiger partial charge in [0.1, 0.15) is 0 Å². The maximum absolute atomic E-state index is 6.06. The smallest absolute Gasteiger partial charge is 0.253 e. The van der Waals surface area contributed by atoms with Gasteiger partial charge in [0.25, 0.3) is 5.85 Å². The number of ether oxygens (including phenoxy) is 1. The molecule has 90 valence electrons. The van der Waals surface area contributed by atoms with Crippen LogP contribution in [0.3, 0.4) is 0 Å². The number of hydrogen-bond acceptors (Lipinski definition) is 3. The summed E-state index contributed by atoms with van der Waals surface area (Å²) in [5, 5.41) is 1.31. The van der Waals surface area contributed by atoms with Gasteiger partial charge in [-0.15, -0.1) is 0 Å². The van der Waals surface area contributed by atoms with Gasteiger partial charge in [0.05, 0.1) is 6.61 Å². The Hall–Kier alpha value is -0.900. The maximum Gasteiger partial charge on any atom is 0.253 e. The van der Waals surface area contributed by atoms with Gasteiger partial charge < -0.3 is 4.74 Å². The van der Waals surface area contributed by atoms with E-state index in [9.17, 15) is 0 Å². The van der Waals surface area contributed by atoms with E-state index >= 15 is 0 Å². The molecule has 1 aromatic carbocycles. The van der Waals surface area contributed by atoms with E-state index in [4.69, 9.17) is 27.9 Å². The molecule has 0 aliphatic carbocycles. The molecule has 2 rings (SSSR count). The van der Waals surface area contributed by atoms with Gasteiger partial charge in [0.15, 0.2) is 0 Å². The second-order valence-corrected chi connectivity index (χ2v) is 4.60. The van der Waals surface area contributed by atoms with Gasteiger partial charge >= 0.3 is 0 Å². The Morgan fingerprint density at radius 2 is 1.76 bits per heavy atom. The number of hydrogen-bond donors (Lipinski definition) is 0. The highest BCUT2D eigenvalue weighted by molar-refractivity contribution is 6.35. The molecule has 0 bridgehead atoms. The van der Waals surface area contributed by atoms with E-state index in [0.717, 1.165) is 5.56 Å². The fraction of sp³-hybridized carbons (Fsp3) is 0.333. The number of halogens is 2. The third-order valence-corrected chi connectivity index (χ3v) is 3.19. The first kappa shape index (κ1) is 12.6. The fourth-order valence-electron chi connectivity index (χ4n) is 1.57. The summed E-state index contributed by atoms with van der Waals surface area (Å²) in [5.41, 5.74) is 0.894. The van der Waals surface area contributed by atoms with Crippen molar-refractivity contribution in [3.05, 3.63) is 33.8 Å². The quantitative estimate of drug-likeness (QED) is 0.826. The molecule has 1 heterocycles. The maximum atomic E-state index is 6.06. The Balaban J connectivity index is 1.95. The molecule has 0 aromatic heterocycles. The predicted octanol–water partition coefficient (Wildman–Crippen LogP) is 3.38. The first-order valence-corrected chi connectivity index (χ1v) is 6.02. The molecule has 0 spiro atoms. The molecular weight excluding hydrogens is 259 g/mol. The molecule has 1 aliphatic heterocycles. The summed E-state index contributed by atoms with van der Waals surface area (Å²) < 4.78 is 5.59. The van der Waals surface area contributed by atoms with Crippen LogP contribution >= 0.6 is 23.2 Å². The third-order valence-electron chi connectivity index (χ3n) is 2.48. The highest BCUT2D eigenvalue weighted by Crippen LogP contribution is 2.25. The van der Waals surface area contributed by atoms with Crippen LogP contribution < -0.4 is 0 Å². The molecule has 0 N–H and O–H groups in total. The van der Waals surface area contributed by atoms with Crippen LogP contribution in [0.15, 0.2) is 28.2 Å². The molecule has 1 aliphatic rings. The third kappa shape index (κ3) is 3.06. The lowest BCUT2D eigenvalue weighted by atomic mass is 10.1. The zero-order valence-corrected chi connectivity index (χ0v) is 10.9. The van der Waals surface area contributed by atoms with E-state index < -0.39 is 5.85 Å². The van der Waals surface area contributed by atoms with Crippen molar-refractivity contribution in [3.63, 3.8) is 0 Å². The number of aliphatic imine (C=N–C) groups is 2. The molecule has 0 atom stereocenters. The lowest BCUT2D eigenvalue weighted by molar-refractivity contribution is -0.0133. The summed E-state index contributed by atoms with van der Waals surface area (Å²) in [7, 11) is 0. The average molecular weight is 271 g/mol. The Labute approximate surface area is 110 Å². The minimum atomic E-state index is -0.784. The van der Waals surface area contributed by atoms with Gasteiger partial charge in [-0.2, -0.15) is 0 Å². The van der Waals surface area contributed by atoms with Gasteiger partial charge in [-0.3, -0.25) is 0 Å². The van der Waals surface area contributed by atoms with Crippen molar-refractivity contribution in [2.75, 3.05) is 6.61 Å². The van der Waals surface area contributed by atoms with Gasteiger partial charge in [0.2, 0.25) is 0 Å². The van der Waals surface area contributed by atoms with Crippen molar-refractivity contribution in [1.82, 2.24) is 0 Å². The first-order valence-electron chi connectivity index (χ1n) is 5.27. The van der Waals surface area contributed by atoms with Crippen molar-refractivity contribution >= 4 is 35.6 Å². The predicted molar refractivity (Wildman–Crippen MR) is 71.5 cm³/mol. The van der Waals surface area contributed by atoms with Gasteiger partial charge in [-0.05, 0) is 24.1 Å². The lowest BCUT2D eigenvalue weighted by Crippen LogP contribution is -2.22. The zero-order chi connectivity index (χ0) is 12.3. The van der Waals surface area contributed by atoms with Crippen LogP contribution in [0.4, 0.5) is 0 Å². The lowest BCUT2D eigenvalue weighted by Gasteiger charge is -2.18.